The number of anilines is 1. The molecule has 2 aromatic rings. The summed E-state index contributed by atoms with van der Waals surface area (Å²) in [5, 5.41) is 0. The fourth-order valence-corrected chi connectivity index (χ4v) is 4.75. The summed E-state index contributed by atoms with van der Waals surface area (Å²) >= 11 is 4.56. The van der Waals surface area contributed by atoms with Crippen LogP contribution < -0.4 is 4.72 Å². The average molecular weight is 351 g/mol. The zero-order chi connectivity index (χ0) is 13.3. The van der Waals surface area contributed by atoms with Crippen molar-refractivity contribution in [2.24, 2.45) is 0 Å². The highest BCUT2D eigenvalue weighted by molar-refractivity contribution is 9.11. The van der Waals surface area contributed by atoms with E-state index in [1.807, 2.05) is 0 Å². The highest BCUT2D eigenvalue weighted by Gasteiger charge is 2.20. The van der Waals surface area contributed by atoms with E-state index in [2.05, 4.69) is 25.6 Å². The van der Waals surface area contributed by atoms with Crippen molar-refractivity contribution in [3.05, 3.63) is 38.9 Å². The van der Waals surface area contributed by atoms with E-state index in [1.165, 1.54) is 23.5 Å². The van der Waals surface area contributed by atoms with Crippen molar-refractivity contribution in [2.45, 2.75) is 11.8 Å². The van der Waals surface area contributed by atoms with Gasteiger partial charge in [0.1, 0.15) is 16.5 Å². The molecule has 0 radical (unpaired) electrons. The molecule has 0 saturated heterocycles. The molecule has 1 N–H and O–H groups in total. The van der Waals surface area contributed by atoms with Crippen LogP contribution in [0, 0.1) is 12.7 Å². The summed E-state index contributed by atoms with van der Waals surface area (Å²) in [4.78, 5) is 4.50. The third kappa shape index (κ3) is 2.88. The van der Waals surface area contributed by atoms with Crippen molar-refractivity contribution >= 4 is 43.1 Å². The van der Waals surface area contributed by atoms with Gasteiger partial charge in [-0.3, -0.25) is 4.72 Å². The minimum Gasteiger partial charge on any atom is -0.263 e. The maximum Gasteiger partial charge on any atom is 0.264 e. The molecule has 2 heterocycles. The van der Waals surface area contributed by atoms with Gasteiger partial charge in [-0.15, -0.1) is 11.3 Å². The monoisotopic (exact) mass is 350 g/mol. The van der Waals surface area contributed by atoms with Gasteiger partial charge in [0, 0.05) is 4.88 Å². The van der Waals surface area contributed by atoms with E-state index in [-0.39, 0.29) is 10.7 Å². The molecule has 0 unspecified atom stereocenters. The van der Waals surface area contributed by atoms with Gasteiger partial charge in [-0.2, -0.15) is 0 Å². The van der Waals surface area contributed by atoms with Gasteiger partial charge in [0.15, 0.2) is 0 Å². The third-order valence-corrected chi connectivity index (χ3v) is 5.26. The zero-order valence-electron chi connectivity index (χ0n) is 9.15. The minimum atomic E-state index is -3.69. The summed E-state index contributed by atoms with van der Waals surface area (Å²) in [6.45, 7) is 1.71. The second-order valence-electron chi connectivity index (χ2n) is 3.44. The first-order chi connectivity index (χ1) is 8.38. The van der Waals surface area contributed by atoms with E-state index in [0.29, 0.717) is 4.88 Å². The predicted octanol–water partition coefficient (Wildman–Crippen LogP) is 3.15. The maximum atomic E-state index is 12.7. The van der Waals surface area contributed by atoms with E-state index < -0.39 is 15.8 Å². The Balaban J connectivity index is 2.33. The molecule has 8 heteroatoms. The lowest BCUT2D eigenvalue weighted by Crippen LogP contribution is -2.14. The van der Waals surface area contributed by atoms with Gasteiger partial charge in [0.05, 0.1) is 9.98 Å². The Morgan fingerprint density at radius 2 is 2.17 bits per heavy atom. The number of aromatic nitrogens is 1. The summed E-state index contributed by atoms with van der Waals surface area (Å²) in [6, 6.07) is 3.93. The molecule has 0 aromatic carbocycles. The number of nitrogens with one attached hydrogen (secondary N) is 1. The van der Waals surface area contributed by atoms with E-state index in [4.69, 9.17) is 0 Å². The van der Waals surface area contributed by atoms with Crippen LogP contribution in [-0.2, 0) is 10.0 Å². The molecule has 18 heavy (non-hydrogen) atoms. The number of rotatable bonds is 3. The van der Waals surface area contributed by atoms with Gasteiger partial charge < -0.3 is 0 Å². The molecular weight excluding hydrogens is 343 g/mol. The summed E-state index contributed by atoms with van der Waals surface area (Å²) in [6.07, 6.45) is 0.953. The quantitative estimate of drug-likeness (QED) is 0.924. The van der Waals surface area contributed by atoms with Gasteiger partial charge in [0.2, 0.25) is 0 Å². The van der Waals surface area contributed by atoms with Crippen LogP contribution in [0.25, 0.3) is 0 Å². The maximum absolute atomic E-state index is 12.7. The third-order valence-electron chi connectivity index (χ3n) is 2.10. The summed E-state index contributed by atoms with van der Waals surface area (Å²) < 4.78 is 39.8. The van der Waals surface area contributed by atoms with E-state index >= 15 is 0 Å². The predicted molar refractivity (Wildman–Crippen MR) is 71.8 cm³/mol. The highest BCUT2D eigenvalue weighted by Crippen LogP contribution is 2.30. The standard InChI is InChI=1S/C10H8BrFN2O2S2/c1-6-8(4-9(11)17-6)18(15,16)14-10-3-2-7(12)5-13-10/h2-5H,1H3,(H,13,14). The number of pyridine rings is 1. The van der Waals surface area contributed by atoms with Crippen molar-refractivity contribution < 1.29 is 12.8 Å². The Morgan fingerprint density at radius 1 is 1.44 bits per heavy atom. The Bertz CT molecular complexity index is 668. The minimum absolute atomic E-state index is 0.0816. The largest absolute Gasteiger partial charge is 0.264 e. The van der Waals surface area contributed by atoms with Crippen molar-refractivity contribution in [1.29, 1.82) is 0 Å². The van der Waals surface area contributed by atoms with Gasteiger partial charge >= 0.3 is 0 Å². The Kier molecular flexibility index (Phi) is 3.69. The summed E-state index contributed by atoms with van der Waals surface area (Å²) in [7, 11) is -3.69. The fourth-order valence-electron chi connectivity index (χ4n) is 1.33. The Morgan fingerprint density at radius 3 is 2.67 bits per heavy atom. The van der Waals surface area contributed by atoms with E-state index in [1.54, 1.807) is 6.92 Å². The smallest absolute Gasteiger partial charge is 0.263 e. The topological polar surface area (TPSA) is 59.1 Å². The number of sulfonamides is 1. The fraction of sp³-hybridized carbons (Fsp3) is 0.100. The molecule has 0 aliphatic heterocycles. The molecule has 0 atom stereocenters. The molecule has 0 fully saturated rings. The van der Waals surface area contributed by atoms with Crippen LogP contribution in [0.2, 0.25) is 0 Å². The lowest BCUT2D eigenvalue weighted by Gasteiger charge is -2.06. The van der Waals surface area contributed by atoms with Crippen LogP contribution in [0.3, 0.4) is 0 Å². The molecule has 0 bridgehead atoms. The number of hydrogen-bond acceptors (Lipinski definition) is 4. The van der Waals surface area contributed by atoms with Gasteiger partial charge in [0.25, 0.3) is 10.0 Å². The molecule has 96 valence electrons. The molecule has 4 nitrogen and oxygen atoms in total. The highest BCUT2D eigenvalue weighted by atomic mass is 79.9. The number of halogens is 2. The van der Waals surface area contributed by atoms with Crippen LogP contribution in [0.1, 0.15) is 4.88 Å². The van der Waals surface area contributed by atoms with Crippen LogP contribution in [0.15, 0.2) is 33.1 Å². The molecule has 2 aromatic heterocycles. The molecule has 2 rings (SSSR count). The first-order valence-corrected chi connectivity index (χ1v) is 7.88. The van der Waals surface area contributed by atoms with Crippen LogP contribution in [-0.4, -0.2) is 13.4 Å². The number of thiophene rings is 1. The summed E-state index contributed by atoms with van der Waals surface area (Å²) in [5.41, 5.74) is 0. The van der Waals surface area contributed by atoms with Crippen LogP contribution in [0.5, 0.6) is 0 Å². The average Bonchev–Trinajstić information content (AvgIpc) is 2.62. The molecule has 0 aliphatic rings. The molecular formula is C10H8BrFN2O2S2. The lowest BCUT2D eigenvalue weighted by atomic mass is 10.5. The molecule has 0 aliphatic carbocycles. The Labute approximate surface area is 116 Å². The summed E-state index contributed by atoms with van der Waals surface area (Å²) in [5.74, 6) is -0.439. The first-order valence-electron chi connectivity index (χ1n) is 4.79. The van der Waals surface area contributed by atoms with Crippen molar-refractivity contribution in [1.82, 2.24) is 4.98 Å². The van der Waals surface area contributed by atoms with E-state index in [0.717, 1.165) is 16.0 Å². The first kappa shape index (κ1) is 13.4. The van der Waals surface area contributed by atoms with Gasteiger partial charge in [-0.25, -0.2) is 17.8 Å². The molecule has 0 spiro atoms. The second-order valence-corrected chi connectivity index (χ2v) is 7.72. The van der Waals surface area contributed by atoms with Crippen molar-refractivity contribution in [3.63, 3.8) is 0 Å². The van der Waals surface area contributed by atoms with Crippen LogP contribution in [0.4, 0.5) is 10.2 Å². The second kappa shape index (κ2) is 4.94. The Hall–Kier alpha value is -0.990. The number of nitrogens with zero attached hydrogens (tertiary/aromatic N) is 1. The van der Waals surface area contributed by atoms with Crippen LogP contribution >= 0.6 is 27.3 Å². The van der Waals surface area contributed by atoms with Gasteiger partial charge in [-0.05, 0) is 41.1 Å². The number of hydrogen-bond donors (Lipinski definition) is 1. The van der Waals surface area contributed by atoms with Crippen molar-refractivity contribution in [2.75, 3.05) is 4.72 Å². The normalized spacial score (nSPS) is 11.5. The zero-order valence-corrected chi connectivity index (χ0v) is 12.4. The van der Waals surface area contributed by atoms with Gasteiger partial charge in [-0.1, -0.05) is 0 Å². The van der Waals surface area contributed by atoms with Crippen molar-refractivity contribution in [3.8, 4) is 0 Å². The molecule has 0 amide bonds. The SMILES string of the molecule is Cc1sc(Br)cc1S(=O)(=O)Nc1ccc(F)cn1. The number of aryl methyl sites for hydroxylation is 1. The lowest BCUT2D eigenvalue weighted by molar-refractivity contribution is 0.600. The molecule has 0 saturated carbocycles. The van der Waals surface area contributed by atoms with E-state index in [9.17, 15) is 12.8 Å².